The number of pyridine rings is 1. The van der Waals surface area contributed by atoms with Crippen LogP contribution in [0.4, 0.5) is 0 Å². The van der Waals surface area contributed by atoms with Crippen molar-refractivity contribution in [3.63, 3.8) is 0 Å². The molecule has 2 amide bonds. The molecular formula is C26H28Br2N4O4S. The summed E-state index contributed by atoms with van der Waals surface area (Å²) in [5.41, 5.74) is 0.409. The number of benzene rings is 1. The lowest BCUT2D eigenvalue weighted by atomic mass is 9.75. The van der Waals surface area contributed by atoms with Gasteiger partial charge in [0.05, 0.1) is 11.6 Å². The third-order valence-electron chi connectivity index (χ3n) is 7.83. The summed E-state index contributed by atoms with van der Waals surface area (Å²) in [4.78, 5) is 45.5. The Kier molecular flexibility index (Phi) is 7.10. The van der Waals surface area contributed by atoms with Gasteiger partial charge in [-0.1, -0.05) is 22.0 Å². The number of carbonyl (C=O) groups excluding carboxylic acids is 2. The normalized spacial score (nSPS) is 23.3. The summed E-state index contributed by atoms with van der Waals surface area (Å²) >= 11 is 12.5. The fourth-order valence-electron chi connectivity index (χ4n) is 6.28. The predicted molar refractivity (Wildman–Crippen MR) is 151 cm³/mol. The van der Waals surface area contributed by atoms with Crippen molar-refractivity contribution in [2.75, 3.05) is 40.8 Å². The van der Waals surface area contributed by atoms with E-state index in [1.54, 1.807) is 27.3 Å². The van der Waals surface area contributed by atoms with Crippen LogP contribution < -0.4 is 10.3 Å². The molecule has 5 rings (SSSR count). The molecule has 4 heterocycles. The zero-order valence-electron chi connectivity index (χ0n) is 20.9. The number of hydrogen-bond donors (Lipinski definition) is 0. The van der Waals surface area contributed by atoms with Crippen molar-refractivity contribution in [3.8, 4) is 5.75 Å². The van der Waals surface area contributed by atoms with Crippen molar-refractivity contribution in [1.82, 2.24) is 19.3 Å². The minimum Gasteiger partial charge on any atom is -0.495 e. The zero-order valence-corrected chi connectivity index (χ0v) is 24.9. The monoisotopic (exact) mass is 650 g/mol. The molecule has 37 heavy (non-hydrogen) atoms. The smallest absolute Gasteiger partial charge is 0.250 e. The topological polar surface area (TPSA) is 75.1 Å². The van der Waals surface area contributed by atoms with Crippen molar-refractivity contribution in [1.29, 1.82) is 0 Å². The third-order valence-corrected chi connectivity index (χ3v) is 9.43. The standard InChI is InChI=1S/C26H28Br2N4O4S/c1-29-23(34)26(24(35)30(2)25(29)37,10-16-8-18(27)9-19(28)22(16)36-3)14-31-11-15-7-17(13-31)20-5-4-6-21(33)32(20)12-15/h4-6,8-9,15,17H,7,10-14H2,1-3H3/t15-,17+/m0/s1. The maximum Gasteiger partial charge on any atom is 0.250 e. The van der Waals surface area contributed by atoms with Gasteiger partial charge in [0.15, 0.2) is 5.11 Å². The second-order valence-electron chi connectivity index (χ2n) is 10.2. The number of amides is 2. The van der Waals surface area contributed by atoms with Gasteiger partial charge in [0.25, 0.3) is 5.56 Å². The molecule has 3 aliphatic rings. The van der Waals surface area contributed by atoms with Gasteiger partial charge in [-0.3, -0.25) is 24.2 Å². The summed E-state index contributed by atoms with van der Waals surface area (Å²) < 4.78 is 9.10. The fraction of sp³-hybridized carbons (Fsp3) is 0.462. The molecule has 1 aromatic carbocycles. The van der Waals surface area contributed by atoms with Crippen LogP contribution in [0, 0.1) is 11.3 Å². The molecule has 11 heteroatoms. The van der Waals surface area contributed by atoms with E-state index >= 15 is 0 Å². The van der Waals surface area contributed by atoms with Crippen LogP contribution in [0.3, 0.4) is 0 Å². The molecule has 0 aliphatic carbocycles. The largest absolute Gasteiger partial charge is 0.495 e. The molecule has 0 saturated carbocycles. The van der Waals surface area contributed by atoms with Crippen LogP contribution in [-0.4, -0.2) is 77.0 Å². The number of rotatable bonds is 5. The minimum absolute atomic E-state index is 0.0267. The van der Waals surface area contributed by atoms with E-state index in [0.717, 1.165) is 26.6 Å². The number of ether oxygens (including phenoxy) is 1. The quantitative estimate of drug-likeness (QED) is 0.365. The Morgan fingerprint density at radius 1 is 1.05 bits per heavy atom. The molecule has 2 saturated heterocycles. The molecule has 0 radical (unpaired) electrons. The molecule has 2 bridgehead atoms. The molecule has 1 aromatic heterocycles. The molecule has 2 atom stereocenters. The van der Waals surface area contributed by atoms with E-state index in [-0.39, 0.29) is 47.3 Å². The lowest BCUT2D eigenvalue weighted by molar-refractivity contribution is -0.157. The second kappa shape index (κ2) is 9.91. The van der Waals surface area contributed by atoms with E-state index in [1.807, 2.05) is 28.8 Å². The van der Waals surface area contributed by atoms with Crippen LogP contribution in [0.5, 0.6) is 5.75 Å². The number of aromatic nitrogens is 1. The van der Waals surface area contributed by atoms with Crippen LogP contribution in [-0.2, 0) is 22.6 Å². The maximum absolute atomic E-state index is 14.0. The average molecular weight is 652 g/mol. The van der Waals surface area contributed by atoms with E-state index in [2.05, 4.69) is 36.8 Å². The Morgan fingerprint density at radius 3 is 2.43 bits per heavy atom. The van der Waals surface area contributed by atoms with Crippen LogP contribution in [0.2, 0.25) is 0 Å². The SMILES string of the molecule is COc1c(Br)cc(Br)cc1CC1(CN2C[C@@H]3C[C@H](C2)c2cccc(=O)n2C3)C(=O)N(C)C(=S)N(C)C1=O. The van der Waals surface area contributed by atoms with Gasteiger partial charge < -0.3 is 14.2 Å². The Hall–Kier alpha value is -2.08. The van der Waals surface area contributed by atoms with Crippen LogP contribution in [0.15, 0.2) is 44.1 Å². The van der Waals surface area contributed by atoms with Gasteiger partial charge in [0.2, 0.25) is 11.8 Å². The van der Waals surface area contributed by atoms with E-state index in [1.165, 1.54) is 9.80 Å². The predicted octanol–water partition coefficient (Wildman–Crippen LogP) is 3.25. The number of nitrogens with zero attached hydrogens (tertiary/aromatic N) is 4. The summed E-state index contributed by atoms with van der Waals surface area (Å²) in [7, 11) is 4.83. The number of piperidine rings is 1. The van der Waals surface area contributed by atoms with Gasteiger partial charge in [-0.15, -0.1) is 0 Å². The first-order valence-corrected chi connectivity index (χ1v) is 14.1. The van der Waals surface area contributed by atoms with E-state index < -0.39 is 5.41 Å². The van der Waals surface area contributed by atoms with Crippen molar-refractivity contribution >= 4 is 61.0 Å². The van der Waals surface area contributed by atoms with Crippen molar-refractivity contribution in [3.05, 3.63) is 60.9 Å². The lowest BCUT2D eigenvalue weighted by Gasteiger charge is -2.48. The van der Waals surface area contributed by atoms with E-state index in [0.29, 0.717) is 25.4 Å². The molecule has 0 spiro atoms. The highest BCUT2D eigenvalue weighted by Gasteiger charge is 2.56. The summed E-state index contributed by atoms with van der Waals surface area (Å²) in [6, 6.07) is 9.20. The fourth-order valence-corrected chi connectivity index (χ4v) is 7.92. The highest BCUT2D eigenvalue weighted by molar-refractivity contribution is 9.11. The van der Waals surface area contributed by atoms with Gasteiger partial charge in [-0.05, 0) is 64.2 Å². The first-order valence-electron chi connectivity index (χ1n) is 12.1. The van der Waals surface area contributed by atoms with Gasteiger partial charge in [0.1, 0.15) is 11.2 Å². The molecule has 3 aliphatic heterocycles. The number of carbonyl (C=O) groups is 2. The van der Waals surface area contributed by atoms with Gasteiger partial charge in [-0.25, -0.2) is 0 Å². The number of likely N-dealkylation sites (tertiary alicyclic amines) is 1. The van der Waals surface area contributed by atoms with E-state index in [9.17, 15) is 14.4 Å². The van der Waals surface area contributed by atoms with Crippen molar-refractivity contribution in [2.45, 2.75) is 25.3 Å². The summed E-state index contributed by atoms with van der Waals surface area (Å²) in [6.45, 7) is 2.27. The zero-order chi connectivity index (χ0) is 26.6. The van der Waals surface area contributed by atoms with Gasteiger partial charge in [0, 0.05) is 68.8 Å². The molecule has 196 valence electrons. The number of methoxy groups -OCH3 is 1. The number of halogens is 2. The summed E-state index contributed by atoms with van der Waals surface area (Å²) in [5, 5.41) is 0.192. The first kappa shape index (κ1) is 26.5. The van der Waals surface area contributed by atoms with Gasteiger partial charge in [-0.2, -0.15) is 0 Å². The van der Waals surface area contributed by atoms with E-state index in [4.69, 9.17) is 17.0 Å². The highest BCUT2D eigenvalue weighted by atomic mass is 79.9. The number of fused-ring (bicyclic) bond motifs is 4. The molecule has 8 nitrogen and oxygen atoms in total. The minimum atomic E-state index is -1.39. The first-order chi connectivity index (χ1) is 17.6. The molecule has 0 N–H and O–H groups in total. The van der Waals surface area contributed by atoms with Crippen molar-refractivity contribution in [2.24, 2.45) is 11.3 Å². The molecular weight excluding hydrogens is 624 g/mol. The molecule has 2 fully saturated rings. The van der Waals surface area contributed by atoms with Gasteiger partial charge >= 0.3 is 0 Å². The van der Waals surface area contributed by atoms with Crippen LogP contribution >= 0.6 is 44.1 Å². The Morgan fingerprint density at radius 2 is 1.76 bits per heavy atom. The second-order valence-corrected chi connectivity index (χ2v) is 12.4. The summed E-state index contributed by atoms with van der Waals surface area (Å²) in [6.07, 6.45) is 1.15. The summed E-state index contributed by atoms with van der Waals surface area (Å²) in [5.74, 6) is 0.393. The number of thiocarbonyl (C=S) groups is 1. The highest BCUT2D eigenvalue weighted by Crippen LogP contribution is 2.42. The number of hydrogen-bond acceptors (Lipinski definition) is 6. The third kappa shape index (κ3) is 4.47. The Balaban J connectivity index is 1.55. The molecule has 2 aromatic rings. The Bertz CT molecular complexity index is 1340. The molecule has 0 unspecified atom stereocenters. The van der Waals surface area contributed by atoms with Crippen molar-refractivity contribution < 1.29 is 14.3 Å². The lowest BCUT2D eigenvalue weighted by Crippen LogP contribution is -2.67. The van der Waals surface area contributed by atoms with Crippen LogP contribution in [0.25, 0.3) is 0 Å². The van der Waals surface area contributed by atoms with Crippen LogP contribution in [0.1, 0.15) is 23.6 Å². The average Bonchev–Trinajstić information content (AvgIpc) is 2.85. The maximum atomic E-state index is 14.0. The Labute approximate surface area is 237 Å².